The van der Waals surface area contributed by atoms with E-state index >= 15 is 0 Å². The van der Waals surface area contributed by atoms with Crippen molar-refractivity contribution in [2.24, 2.45) is 0 Å². The molecule has 1 atom stereocenters. The average molecular weight is 336 g/mol. The van der Waals surface area contributed by atoms with Crippen molar-refractivity contribution >= 4 is 40.2 Å². The van der Waals surface area contributed by atoms with Crippen molar-refractivity contribution in [2.45, 2.75) is 25.9 Å². The number of nitrogens with one attached hydrogen (secondary N) is 1. The maximum absolute atomic E-state index is 12.5. The van der Waals surface area contributed by atoms with Crippen LogP contribution in [0.3, 0.4) is 0 Å². The average Bonchev–Trinajstić information content (AvgIpc) is 2.96. The van der Waals surface area contributed by atoms with Crippen LogP contribution in [0.15, 0.2) is 29.6 Å². The van der Waals surface area contributed by atoms with Gasteiger partial charge in [0.1, 0.15) is 0 Å². The molecule has 0 aliphatic carbocycles. The normalized spacial score (nSPS) is 16.1. The Morgan fingerprint density at radius 1 is 1.45 bits per heavy atom. The number of carbonyl (C=O) groups excluding carboxylic acids is 1. The molecule has 1 aromatic heterocycles. The van der Waals surface area contributed by atoms with Gasteiger partial charge in [0.25, 0.3) is 0 Å². The van der Waals surface area contributed by atoms with Gasteiger partial charge in [-0.15, -0.1) is 11.3 Å². The number of hydrogen-bond donors (Lipinski definition) is 2. The van der Waals surface area contributed by atoms with E-state index in [2.05, 4.69) is 21.7 Å². The molecule has 3 rings (SSSR count). The van der Waals surface area contributed by atoms with Crippen LogP contribution in [0.4, 0.5) is 11.4 Å². The summed E-state index contributed by atoms with van der Waals surface area (Å²) in [5.41, 5.74) is 8.18. The van der Waals surface area contributed by atoms with Crippen LogP contribution in [-0.4, -0.2) is 23.4 Å². The summed E-state index contributed by atoms with van der Waals surface area (Å²) in [5, 5.41) is 5.46. The smallest absolute Gasteiger partial charge is 0.241 e. The predicted octanol–water partition coefficient (Wildman–Crippen LogP) is 3.37. The second-order valence-electron chi connectivity index (χ2n) is 5.49. The summed E-state index contributed by atoms with van der Waals surface area (Å²) in [6, 6.07) is 7.04. The van der Waals surface area contributed by atoms with Gasteiger partial charge in [-0.3, -0.25) is 9.69 Å². The molecule has 22 heavy (non-hydrogen) atoms. The molecule has 116 valence electrons. The molecule has 0 saturated heterocycles. The Kier molecular flexibility index (Phi) is 4.38. The number of anilines is 2. The van der Waals surface area contributed by atoms with Crippen LogP contribution < -0.4 is 11.1 Å². The second-order valence-corrected chi connectivity index (χ2v) is 6.90. The molecule has 0 bridgehead atoms. The molecule has 0 saturated carbocycles. The molecule has 3 N–H and O–H groups in total. The van der Waals surface area contributed by atoms with Gasteiger partial charge >= 0.3 is 0 Å². The number of thiophene rings is 1. The van der Waals surface area contributed by atoms with Crippen molar-refractivity contribution in [3.05, 3.63) is 45.1 Å². The summed E-state index contributed by atoms with van der Waals surface area (Å²) >= 11 is 7.91. The summed E-state index contributed by atoms with van der Waals surface area (Å²) < 4.78 is 0. The maximum Gasteiger partial charge on any atom is 0.241 e. The van der Waals surface area contributed by atoms with Crippen molar-refractivity contribution < 1.29 is 4.79 Å². The van der Waals surface area contributed by atoms with Crippen molar-refractivity contribution in [1.29, 1.82) is 0 Å². The van der Waals surface area contributed by atoms with Gasteiger partial charge in [0.2, 0.25) is 5.91 Å². The number of benzene rings is 1. The van der Waals surface area contributed by atoms with Crippen LogP contribution in [0.5, 0.6) is 0 Å². The fraction of sp³-hybridized carbons (Fsp3) is 0.312. The Hall–Kier alpha value is -1.56. The second kappa shape index (κ2) is 6.28. The van der Waals surface area contributed by atoms with E-state index in [0.29, 0.717) is 16.4 Å². The lowest BCUT2D eigenvalue weighted by Gasteiger charge is -2.31. The predicted molar refractivity (Wildman–Crippen MR) is 92.4 cm³/mol. The van der Waals surface area contributed by atoms with E-state index in [-0.39, 0.29) is 11.9 Å². The van der Waals surface area contributed by atoms with Crippen molar-refractivity contribution in [2.75, 3.05) is 17.6 Å². The number of amides is 1. The summed E-state index contributed by atoms with van der Waals surface area (Å²) in [6.45, 7) is 3.65. The SMILES string of the molecule is CC(C(=O)Nc1ccc(N)cc1Cl)N1CCc2sccc2C1. The highest BCUT2D eigenvalue weighted by atomic mass is 35.5. The van der Waals surface area contributed by atoms with Crippen LogP contribution in [0.2, 0.25) is 5.02 Å². The van der Waals surface area contributed by atoms with E-state index in [1.54, 1.807) is 29.5 Å². The van der Waals surface area contributed by atoms with Crippen molar-refractivity contribution in [1.82, 2.24) is 4.90 Å². The Labute approximate surface area is 138 Å². The van der Waals surface area contributed by atoms with E-state index in [0.717, 1.165) is 19.5 Å². The van der Waals surface area contributed by atoms with Crippen LogP contribution in [-0.2, 0) is 17.8 Å². The number of nitrogen functional groups attached to an aromatic ring is 1. The molecule has 4 nitrogen and oxygen atoms in total. The van der Waals surface area contributed by atoms with Gasteiger partial charge < -0.3 is 11.1 Å². The molecule has 0 spiro atoms. The zero-order valence-corrected chi connectivity index (χ0v) is 13.9. The number of hydrogen-bond acceptors (Lipinski definition) is 4. The molecule has 1 unspecified atom stereocenters. The van der Waals surface area contributed by atoms with Gasteiger partial charge in [0, 0.05) is 23.7 Å². The van der Waals surface area contributed by atoms with Crippen LogP contribution >= 0.6 is 22.9 Å². The fourth-order valence-corrected chi connectivity index (χ4v) is 3.76. The van der Waals surface area contributed by atoms with Gasteiger partial charge in [0.15, 0.2) is 0 Å². The lowest BCUT2D eigenvalue weighted by Crippen LogP contribution is -2.44. The quantitative estimate of drug-likeness (QED) is 0.845. The molecule has 0 fully saturated rings. The number of halogens is 1. The summed E-state index contributed by atoms with van der Waals surface area (Å²) in [6.07, 6.45) is 1.01. The van der Waals surface area contributed by atoms with Gasteiger partial charge in [-0.1, -0.05) is 11.6 Å². The molecule has 1 aliphatic rings. The summed E-state index contributed by atoms with van der Waals surface area (Å²) in [7, 11) is 0. The largest absolute Gasteiger partial charge is 0.399 e. The third kappa shape index (κ3) is 3.11. The number of rotatable bonds is 3. The fourth-order valence-electron chi connectivity index (χ4n) is 2.64. The van der Waals surface area contributed by atoms with Gasteiger partial charge in [-0.2, -0.15) is 0 Å². The molecule has 1 aliphatic heterocycles. The topological polar surface area (TPSA) is 58.4 Å². The van der Waals surface area contributed by atoms with E-state index in [1.807, 2.05) is 6.92 Å². The first kappa shape index (κ1) is 15.3. The summed E-state index contributed by atoms with van der Waals surface area (Å²) in [4.78, 5) is 16.1. The van der Waals surface area contributed by atoms with Crippen LogP contribution in [0, 0.1) is 0 Å². The number of nitrogens with zero attached hydrogens (tertiary/aromatic N) is 1. The molecular weight excluding hydrogens is 318 g/mol. The number of fused-ring (bicyclic) bond motifs is 1. The van der Waals surface area contributed by atoms with Crippen LogP contribution in [0.1, 0.15) is 17.4 Å². The van der Waals surface area contributed by atoms with Crippen molar-refractivity contribution in [3.8, 4) is 0 Å². The first-order chi connectivity index (χ1) is 10.5. The van der Waals surface area contributed by atoms with Gasteiger partial charge in [-0.25, -0.2) is 0 Å². The lowest BCUT2D eigenvalue weighted by atomic mass is 10.1. The van der Waals surface area contributed by atoms with Gasteiger partial charge in [0.05, 0.1) is 16.8 Å². The summed E-state index contributed by atoms with van der Waals surface area (Å²) in [5.74, 6) is -0.0506. The minimum Gasteiger partial charge on any atom is -0.399 e. The van der Waals surface area contributed by atoms with E-state index in [1.165, 1.54) is 10.4 Å². The molecule has 0 radical (unpaired) electrons. The Morgan fingerprint density at radius 2 is 2.27 bits per heavy atom. The number of carbonyl (C=O) groups is 1. The lowest BCUT2D eigenvalue weighted by molar-refractivity contribution is -0.121. The number of nitrogens with two attached hydrogens (primary N) is 1. The zero-order chi connectivity index (χ0) is 15.7. The van der Waals surface area contributed by atoms with Crippen molar-refractivity contribution in [3.63, 3.8) is 0 Å². The molecule has 2 aromatic rings. The molecule has 6 heteroatoms. The van der Waals surface area contributed by atoms with E-state index in [9.17, 15) is 4.79 Å². The van der Waals surface area contributed by atoms with E-state index in [4.69, 9.17) is 17.3 Å². The van der Waals surface area contributed by atoms with Gasteiger partial charge in [-0.05, 0) is 48.6 Å². The molecule has 2 heterocycles. The Balaban J connectivity index is 1.67. The highest BCUT2D eigenvalue weighted by molar-refractivity contribution is 7.10. The minimum absolute atomic E-state index is 0.0506. The third-order valence-corrected chi connectivity index (χ3v) is 5.35. The Morgan fingerprint density at radius 3 is 3.05 bits per heavy atom. The van der Waals surface area contributed by atoms with Crippen LogP contribution in [0.25, 0.3) is 0 Å². The first-order valence-electron chi connectivity index (χ1n) is 7.20. The first-order valence-corrected chi connectivity index (χ1v) is 8.45. The molecule has 1 aromatic carbocycles. The third-order valence-electron chi connectivity index (χ3n) is 4.02. The Bertz CT molecular complexity index is 700. The zero-order valence-electron chi connectivity index (χ0n) is 12.3. The monoisotopic (exact) mass is 335 g/mol. The maximum atomic E-state index is 12.5. The van der Waals surface area contributed by atoms with E-state index < -0.39 is 0 Å². The highest BCUT2D eigenvalue weighted by Crippen LogP contribution is 2.27. The molecule has 1 amide bonds. The minimum atomic E-state index is -0.207. The molecular formula is C16H18ClN3OS. The standard InChI is InChI=1S/C16H18ClN3OS/c1-10(20-6-4-15-11(9-20)5-7-22-15)16(21)19-14-3-2-12(18)8-13(14)17/h2-3,5,7-8,10H,4,6,9,18H2,1H3,(H,19,21). The highest BCUT2D eigenvalue weighted by Gasteiger charge is 2.26.